The third-order valence-corrected chi connectivity index (χ3v) is 4.09. The van der Waals surface area contributed by atoms with Gasteiger partial charge in [0.1, 0.15) is 0 Å². The van der Waals surface area contributed by atoms with Crippen LogP contribution in [-0.4, -0.2) is 6.04 Å². The molecular formula is C11H19N. The lowest BCUT2D eigenvalue weighted by atomic mass is 9.47. The van der Waals surface area contributed by atoms with E-state index in [0.717, 1.165) is 5.92 Å². The van der Waals surface area contributed by atoms with Crippen molar-refractivity contribution < 1.29 is 0 Å². The first kappa shape index (κ1) is 8.31. The monoisotopic (exact) mass is 165 g/mol. The quantitative estimate of drug-likeness (QED) is 0.625. The molecular weight excluding hydrogens is 146 g/mol. The van der Waals surface area contributed by atoms with Crippen molar-refractivity contribution in [2.24, 2.45) is 17.1 Å². The minimum absolute atomic E-state index is 0.529. The third kappa shape index (κ3) is 0.957. The molecule has 3 atom stereocenters. The number of nitrogens with two attached hydrogens (primary N) is 1. The Morgan fingerprint density at radius 3 is 2.50 bits per heavy atom. The lowest BCUT2D eigenvalue weighted by Gasteiger charge is -2.60. The largest absolute Gasteiger partial charge is 0.327 e. The molecule has 2 aliphatic rings. The molecule has 1 nitrogen and oxygen atoms in total. The number of hydrogen-bond acceptors (Lipinski definition) is 1. The van der Waals surface area contributed by atoms with Gasteiger partial charge in [0.25, 0.3) is 0 Å². The van der Waals surface area contributed by atoms with E-state index < -0.39 is 0 Å². The predicted octanol–water partition coefficient (Wildman–Crippen LogP) is 2.47. The summed E-state index contributed by atoms with van der Waals surface area (Å²) in [6, 6.07) is 0.529. The van der Waals surface area contributed by atoms with Crippen LogP contribution in [0, 0.1) is 11.3 Å². The molecule has 2 N–H and O–H groups in total. The van der Waals surface area contributed by atoms with Gasteiger partial charge in [-0.05, 0) is 50.4 Å². The van der Waals surface area contributed by atoms with Gasteiger partial charge in [0.15, 0.2) is 0 Å². The molecule has 0 amide bonds. The first-order valence-corrected chi connectivity index (χ1v) is 5.16. The molecule has 0 heterocycles. The summed E-state index contributed by atoms with van der Waals surface area (Å²) in [5, 5.41) is 0. The minimum atomic E-state index is 0.529. The second-order valence-corrected chi connectivity index (χ2v) is 4.42. The van der Waals surface area contributed by atoms with Gasteiger partial charge in [-0.25, -0.2) is 0 Å². The standard InChI is InChI=1S/C11H19N/c1-2-3-4-9-5-7-11(9)8-6-10(11)12/h2-3,9-10H,4-8,12H2,1H3/b3-2+. The van der Waals surface area contributed by atoms with Crippen LogP contribution in [0.3, 0.4) is 0 Å². The Morgan fingerprint density at radius 2 is 2.17 bits per heavy atom. The SMILES string of the molecule is C/C=C/CC1CCC12CCC2N. The lowest BCUT2D eigenvalue weighted by molar-refractivity contribution is -0.0687. The van der Waals surface area contributed by atoms with E-state index in [4.69, 9.17) is 5.73 Å². The van der Waals surface area contributed by atoms with Gasteiger partial charge < -0.3 is 5.73 Å². The summed E-state index contributed by atoms with van der Waals surface area (Å²) in [7, 11) is 0. The molecule has 2 fully saturated rings. The van der Waals surface area contributed by atoms with E-state index in [0.29, 0.717) is 11.5 Å². The van der Waals surface area contributed by atoms with Crippen molar-refractivity contribution in [2.75, 3.05) is 0 Å². The molecule has 0 aromatic rings. The van der Waals surface area contributed by atoms with Gasteiger partial charge >= 0.3 is 0 Å². The molecule has 12 heavy (non-hydrogen) atoms. The molecule has 3 unspecified atom stereocenters. The van der Waals surface area contributed by atoms with Gasteiger partial charge in [0, 0.05) is 6.04 Å². The van der Waals surface area contributed by atoms with Gasteiger partial charge in [-0.2, -0.15) is 0 Å². The smallest absolute Gasteiger partial charge is 0.00985 e. The molecule has 68 valence electrons. The van der Waals surface area contributed by atoms with Crippen LogP contribution in [0.4, 0.5) is 0 Å². The summed E-state index contributed by atoms with van der Waals surface area (Å²) in [4.78, 5) is 0. The third-order valence-electron chi connectivity index (χ3n) is 4.09. The van der Waals surface area contributed by atoms with Crippen LogP contribution in [0.5, 0.6) is 0 Å². The van der Waals surface area contributed by atoms with Gasteiger partial charge in [0.2, 0.25) is 0 Å². The summed E-state index contributed by atoms with van der Waals surface area (Å²) in [6.07, 6.45) is 11.2. The Morgan fingerprint density at radius 1 is 1.42 bits per heavy atom. The zero-order chi connectivity index (χ0) is 8.60. The molecule has 0 aliphatic heterocycles. The highest BCUT2D eigenvalue weighted by Crippen LogP contribution is 2.60. The van der Waals surface area contributed by atoms with E-state index in [-0.39, 0.29) is 0 Å². The fraction of sp³-hybridized carbons (Fsp3) is 0.818. The van der Waals surface area contributed by atoms with E-state index in [2.05, 4.69) is 19.1 Å². The second-order valence-electron chi connectivity index (χ2n) is 4.42. The lowest BCUT2D eigenvalue weighted by Crippen LogP contribution is -2.60. The highest BCUT2D eigenvalue weighted by atomic mass is 14.8. The molecule has 1 spiro atoms. The highest BCUT2D eigenvalue weighted by molar-refractivity contribution is 5.09. The number of rotatable bonds is 2. The van der Waals surface area contributed by atoms with E-state index in [1.807, 2.05) is 0 Å². The molecule has 0 aromatic carbocycles. The summed E-state index contributed by atoms with van der Waals surface area (Å²) in [5.74, 6) is 0.914. The number of allylic oxidation sites excluding steroid dienone is 2. The van der Waals surface area contributed by atoms with Crippen LogP contribution < -0.4 is 5.73 Å². The van der Waals surface area contributed by atoms with Crippen LogP contribution in [0.1, 0.15) is 39.0 Å². The Labute approximate surface area is 75.0 Å². The average Bonchev–Trinajstić information content (AvgIpc) is 2.01. The maximum Gasteiger partial charge on any atom is 0.00985 e. The summed E-state index contributed by atoms with van der Waals surface area (Å²) < 4.78 is 0. The van der Waals surface area contributed by atoms with Gasteiger partial charge in [-0.1, -0.05) is 12.2 Å². The van der Waals surface area contributed by atoms with Gasteiger partial charge in [-0.15, -0.1) is 0 Å². The maximum atomic E-state index is 6.06. The molecule has 2 saturated carbocycles. The maximum absolute atomic E-state index is 6.06. The Hall–Kier alpha value is -0.300. The van der Waals surface area contributed by atoms with Crippen LogP contribution >= 0.6 is 0 Å². The highest BCUT2D eigenvalue weighted by Gasteiger charge is 2.54. The molecule has 2 aliphatic carbocycles. The Kier molecular flexibility index (Phi) is 1.99. The van der Waals surface area contributed by atoms with Crippen LogP contribution in [0.2, 0.25) is 0 Å². The Bertz CT molecular complexity index is 193. The molecule has 1 heteroatoms. The number of hydrogen-bond donors (Lipinski definition) is 1. The molecule has 0 radical (unpaired) electrons. The zero-order valence-electron chi connectivity index (χ0n) is 7.92. The fourth-order valence-electron chi connectivity index (χ4n) is 2.87. The van der Waals surface area contributed by atoms with Gasteiger partial charge in [0.05, 0.1) is 0 Å². The van der Waals surface area contributed by atoms with Crippen molar-refractivity contribution in [1.82, 2.24) is 0 Å². The molecule has 0 saturated heterocycles. The van der Waals surface area contributed by atoms with Crippen molar-refractivity contribution >= 4 is 0 Å². The molecule has 2 rings (SSSR count). The van der Waals surface area contributed by atoms with E-state index in [1.54, 1.807) is 0 Å². The zero-order valence-corrected chi connectivity index (χ0v) is 7.92. The van der Waals surface area contributed by atoms with E-state index in [9.17, 15) is 0 Å². The van der Waals surface area contributed by atoms with Crippen LogP contribution in [0.15, 0.2) is 12.2 Å². The van der Waals surface area contributed by atoms with E-state index in [1.165, 1.54) is 32.1 Å². The van der Waals surface area contributed by atoms with Crippen molar-refractivity contribution in [1.29, 1.82) is 0 Å². The first-order valence-electron chi connectivity index (χ1n) is 5.16. The predicted molar refractivity (Wildman–Crippen MR) is 51.8 cm³/mol. The Balaban J connectivity index is 1.92. The topological polar surface area (TPSA) is 26.0 Å². The molecule has 0 aromatic heterocycles. The summed E-state index contributed by atoms with van der Waals surface area (Å²) in [5.41, 5.74) is 6.65. The average molecular weight is 165 g/mol. The van der Waals surface area contributed by atoms with Gasteiger partial charge in [-0.3, -0.25) is 0 Å². The van der Waals surface area contributed by atoms with Crippen molar-refractivity contribution in [3.05, 3.63) is 12.2 Å². The summed E-state index contributed by atoms with van der Waals surface area (Å²) in [6.45, 7) is 2.10. The van der Waals surface area contributed by atoms with Crippen molar-refractivity contribution in [3.63, 3.8) is 0 Å². The fourth-order valence-corrected chi connectivity index (χ4v) is 2.87. The van der Waals surface area contributed by atoms with Crippen LogP contribution in [-0.2, 0) is 0 Å². The molecule has 0 bridgehead atoms. The summed E-state index contributed by atoms with van der Waals surface area (Å²) >= 11 is 0. The van der Waals surface area contributed by atoms with Crippen LogP contribution in [0.25, 0.3) is 0 Å². The second kappa shape index (κ2) is 2.88. The minimum Gasteiger partial charge on any atom is -0.327 e. The first-order chi connectivity index (χ1) is 5.79. The normalized spacial score (nSPS) is 46.2. The van der Waals surface area contributed by atoms with Crippen molar-refractivity contribution in [2.45, 2.75) is 45.1 Å². The van der Waals surface area contributed by atoms with Crippen molar-refractivity contribution in [3.8, 4) is 0 Å². The van der Waals surface area contributed by atoms with E-state index >= 15 is 0 Å².